The van der Waals surface area contributed by atoms with Gasteiger partial charge in [0.25, 0.3) is 0 Å². The number of ether oxygens (including phenoxy) is 4. The zero-order valence-corrected chi connectivity index (χ0v) is 12.3. The Kier molecular flexibility index (Phi) is 6.29. The number of benzene rings is 1. The van der Waals surface area contributed by atoms with Crippen molar-refractivity contribution in [2.45, 2.75) is 19.4 Å². The Morgan fingerprint density at radius 3 is 2.05 bits per heavy atom. The van der Waals surface area contributed by atoms with E-state index in [1.807, 2.05) is 7.05 Å². The van der Waals surface area contributed by atoms with Crippen LogP contribution in [0.4, 0.5) is 0 Å². The predicted octanol–water partition coefficient (Wildman–Crippen LogP) is 2.09. The summed E-state index contributed by atoms with van der Waals surface area (Å²) in [7, 11) is 6.69. The van der Waals surface area contributed by atoms with E-state index in [0.717, 1.165) is 6.42 Å². The highest BCUT2D eigenvalue weighted by atomic mass is 16.5. The molecule has 0 saturated carbocycles. The molecule has 5 nitrogen and oxygen atoms in total. The zero-order valence-electron chi connectivity index (χ0n) is 12.3. The van der Waals surface area contributed by atoms with Gasteiger partial charge in [0.05, 0.1) is 27.9 Å². The lowest BCUT2D eigenvalue weighted by atomic mass is 10.2. The number of nitrogens with one attached hydrogen (secondary N) is 1. The fourth-order valence-corrected chi connectivity index (χ4v) is 1.64. The first-order valence-corrected chi connectivity index (χ1v) is 6.26. The minimum absolute atomic E-state index is 0.419. The van der Waals surface area contributed by atoms with E-state index in [-0.39, 0.29) is 0 Å². The lowest BCUT2D eigenvalue weighted by molar-refractivity contribution is 0.283. The van der Waals surface area contributed by atoms with Crippen molar-refractivity contribution in [3.05, 3.63) is 12.1 Å². The Morgan fingerprint density at radius 1 is 1.05 bits per heavy atom. The molecule has 0 aromatic heterocycles. The van der Waals surface area contributed by atoms with E-state index in [2.05, 4.69) is 12.2 Å². The molecule has 0 heterocycles. The molecule has 0 radical (unpaired) electrons. The maximum absolute atomic E-state index is 5.71. The second-order valence-corrected chi connectivity index (χ2v) is 4.19. The highest BCUT2D eigenvalue weighted by molar-refractivity contribution is 5.55. The Balaban J connectivity index is 2.79. The molecule has 1 unspecified atom stereocenters. The number of hydrogen-bond donors (Lipinski definition) is 1. The molecule has 0 aliphatic rings. The van der Waals surface area contributed by atoms with E-state index in [1.165, 1.54) is 0 Å². The van der Waals surface area contributed by atoms with E-state index in [0.29, 0.717) is 35.6 Å². The molecule has 5 heteroatoms. The summed E-state index contributed by atoms with van der Waals surface area (Å²) in [6.07, 6.45) is 0.924. The monoisotopic (exact) mass is 269 g/mol. The summed E-state index contributed by atoms with van der Waals surface area (Å²) >= 11 is 0. The molecule has 0 aliphatic carbocycles. The summed E-state index contributed by atoms with van der Waals surface area (Å²) in [5, 5.41) is 3.17. The fourth-order valence-electron chi connectivity index (χ4n) is 1.64. The molecule has 1 rings (SSSR count). The largest absolute Gasteiger partial charge is 0.493 e. The first kappa shape index (κ1) is 15.4. The maximum atomic E-state index is 5.71. The third-order valence-electron chi connectivity index (χ3n) is 2.95. The quantitative estimate of drug-likeness (QED) is 0.783. The molecule has 19 heavy (non-hydrogen) atoms. The van der Waals surface area contributed by atoms with Gasteiger partial charge in [-0.2, -0.15) is 0 Å². The van der Waals surface area contributed by atoms with Crippen LogP contribution in [0.15, 0.2) is 12.1 Å². The summed E-state index contributed by atoms with van der Waals surface area (Å²) in [4.78, 5) is 0. The maximum Gasteiger partial charge on any atom is 0.203 e. The van der Waals surface area contributed by atoms with Crippen LogP contribution in [0.2, 0.25) is 0 Å². The van der Waals surface area contributed by atoms with Crippen molar-refractivity contribution in [2.24, 2.45) is 0 Å². The molecule has 108 valence electrons. The molecule has 1 atom stereocenters. The Bertz CT molecular complexity index is 370. The second kappa shape index (κ2) is 7.74. The van der Waals surface area contributed by atoms with Crippen molar-refractivity contribution in [1.82, 2.24) is 5.32 Å². The summed E-state index contributed by atoms with van der Waals surface area (Å²) in [5.74, 6) is 2.47. The molecule has 0 aliphatic heterocycles. The summed E-state index contributed by atoms with van der Waals surface area (Å²) < 4.78 is 21.5. The Labute approximate surface area is 114 Å². The van der Waals surface area contributed by atoms with E-state index in [9.17, 15) is 0 Å². The SMILES string of the molecule is CNC(C)CCOc1cc(OC)c(OC)c(OC)c1. The van der Waals surface area contributed by atoms with Gasteiger partial charge in [-0.05, 0) is 20.4 Å². The van der Waals surface area contributed by atoms with Crippen LogP contribution >= 0.6 is 0 Å². The van der Waals surface area contributed by atoms with Crippen molar-refractivity contribution in [3.63, 3.8) is 0 Å². The Hall–Kier alpha value is -1.62. The van der Waals surface area contributed by atoms with Gasteiger partial charge < -0.3 is 24.3 Å². The molecular weight excluding hydrogens is 246 g/mol. The number of methoxy groups -OCH3 is 3. The third kappa shape index (κ3) is 4.21. The van der Waals surface area contributed by atoms with Gasteiger partial charge in [-0.25, -0.2) is 0 Å². The van der Waals surface area contributed by atoms with Gasteiger partial charge in [0.15, 0.2) is 11.5 Å². The summed E-state index contributed by atoms with van der Waals surface area (Å²) in [5.41, 5.74) is 0. The normalized spacial score (nSPS) is 11.8. The van der Waals surface area contributed by atoms with Crippen molar-refractivity contribution in [2.75, 3.05) is 35.0 Å². The first-order valence-electron chi connectivity index (χ1n) is 6.26. The zero-order chi connectivity index (χ0) is 14.3. The number of rotatable bonds is 8. The van der Waals surface area contributed by atoms with Crippen molar-refractivity contribution in [1.29, 1.82) is 0 Å². The molecule has 0 amide bonds. The van der Waals surface area contributed by atoms with Crippen LogP contribution in [0, 0.1) is 0 Å². The fraction of sp³-hybridized carbons (Fsp3) is 0.571. The average Bonchev–Trinajstić information content (AvgIpc) is 2.45. The lowest BCUT2D eigenvalue weighted by Crippen LogP contribution is -2.23. The van der Waals surface area contributed by atoms with Crippen LogP contribution in [0.5, 0.6) is 23.0 Å². The third-order valence-corrected chi connectivity index (χ3v) is 2.95. The summed E-state index contributed by atoms with van der Waals surface area (Å²) in [6.45, 7) is 2.74. The van der Waals surface area contributed by atoms with E-state index >= 15 is 0 Å². The van der Waals surface area contributed by atoms with Crippen LogP contribution in [0.25, 0.3) is 0 Å². The summed E-state index contributed by atoms with van der Waals surface area (Å²) in [6, 6.07) is 4.01. The van der Waals surface area contributed by atoms with Gasteiger partial charge in [0, 0.05) is 18.2 Å². The highest BCUT2D eigenvalue weighted by Gasteiger charge is 2.13. The predicted molar refractivity (Wildman–Crippen MR) is 74.7 cm³/mol. The van der Waals surface area contributed by atoms with Crippen molar-refractivity contribution < 1.29 is 18.9 Å². The first-order chi connectivity index (χ1) is 9.15. The van der Waals surface area contributed by atoms with Crippen LogP contribution in [-0.4, -0.2) is 41.0 Å². The van der Waals surface area contributed by atoms with E-state index < -0.39 is 0 Å². The van der Waals surface area contributed by atoms with Gasteiger partial charge >= 0.3 is 0 Å². The standard InChI is InChI=1S/C14H23NO4/c1-10(15-2)6-7-19-11-8-12(16-3)14(18-5)13(9-11)17-4/h8-10,15H,6-7H2,1-5H3. The topological polar surface area (TPSA) is 49.0 Å². The van der Waals surface area contributed by atoms with E-state index in [4.69, 9.17) is 18.9 Å². The van der Waals surface area contributed by atoms with Gasteiger partial charge in [-0.3, -0.25) is 0 Å². The molecule has 1 N–H and O–H groups in total. The molecule has 0 bridgehead atoms. The van der Waals surface area contributed by atoms with E-state index in [1.54, 1.807) is 33.5 Å². The van der Waals surface area contributed by atoms with Crippen LogP contribution in [0.3, 0.4) is 0 Å². The van der Waals surface area contributed by atoms with Gasteiger partial charge in [-0.1, -0.05) is 0 Å². The average molecular weight is 269 g/mol. The van der Waals surface area contributed by atoms with Gasteiger partial charge in [0.1, 0.15) is 5.75 Å². The lowest BCUT2D eigenvalue weighted by Gasteiger charge is -2.15. The van der Waals surface area contributed by atoms with Crippen LogP contribution in [0.1, 0.15) is 13.3 Å². The molecule has 1 aromatic rings. The molecule has 0 spiro atoms. The molecule has 1 aromatic carbocycles. The Morgan fingerprint density at radius 2 is 1.63 bits per heavy atom. The second-order valence-electron chi connectivity index (χ2n) is 4.19. The van der Waals surface area contributed by atoms with Crippen LogP contribution in [-0.2, 0) is 0 Å². The molecular formula is C14H23NO4. The van der Waals surface area contributed by atoms with Crippen molar-refractivity contribution >= 4 is 0 Å². The van der Waals surface area contributed by atoms with Gasteiger partial charge in [0.2, 0.25) is 5.75 Å². The minimum Gasteiger partial charge on any atom is -0.493 e. The van der Waals surface area contributed by atoms with Gasteiger partial charge in [-0.15, -0.1) is 0 Å². The highest BCUT2D eigenvalue weighted by Crippen LogP contribution is 2.40. The van der Waals surface area contributed by atoms with Crippen molar-refractivity contribution in [3.8, 4) is 23.0 Å². The minimum atomic E-state index is 0.419. The van der Waals surface area contributed by atoms with Crippen LogP contribution < -0.4 is 24.3 Å². The molecule has 0 saturated heterocycles. The smallest absolute Gasteiger partial charge is 0.203 e. The molecule has 0 fully saturated rings. The number of hydrogen-bond acceptors (Lipinski definition) is 5.